The van der Waals surface area contributed by atoms with Crippen molar-refractivity contribution in [3.63, 3.8) is 0 Å². The summed E-state index contributed by atoms with van der Waals surface area (Å²) in [6, 6.07) is 6.07. The van der Waals surface area contributed by atoms with E-state index in [4.69, 9.17) is 4.74 Å². The topological polar surface area (TPSA) is 74.4 Å². The minimum Gasteiger partial charge on any atom is -0.450 e. The van der Waals surface area contributed by atoms with Gasteiger partial charge < -0.3 is 19.9 Å². The van der Waals surface area contributed by atoms with Gasteiger partial charge in [0.25, 0.3) is 5.91 Å². The average molecular weight is 343 g/mol. The van der Waals surface area contributed by atoms with Crippen LogP contribution in [0.5, 0.6) is 0 Å². The van der Waals surface area contributed by atoms with Crippen LogP contribution < -0.4 is 5.32 Å². The minimum atomic E-state index is -0.268. The van der Waals surface area contributed by atoms with Crippen LogP contribution in [-0.4, -0.2) is 47.6 Å². The van der Waals surface area contributed by atoms with Crippen LogP contribution in [0.2, 0.25) is 0 Å². The Morgan fingerprint density at radius 2 is 2.00 bits per heavy atom. The van der Waals surface area contributed by atoms with Gasteiger partial charge in [0.05, 0.1) is 12.2 Å². The number of aryl methyl sites for hydroxylation is 2. The zero-order chi connectivity index (χ0) is 18.0. The molecule has 0 radical (unpaired) electrons. The third-order valence-electron chi connectivity index (χ3n) is 4.80. The fourth-order valence-electron chi connectivity index (χ4n) is 3.52. The summed E-state index contributed by atoms with van der Waals surface area (Å²) >= 11 is 0. The van der Waals surface area contributed by atoms with E-state index in [1.807, 2.05) is 32.0 Å². The molecule has 2 aromatic rings. The molecule has 2 heterocycles. The zero-order valence-electron chi connectivity index (χ0n) is 15.0. The molecule has 25 heavy (non-hydrogen) atoms. The summed E-state index contributed by atoms with van der Waals surface area (Å²) < 4.78 is 5.03. The Balaban J connectivity index is 1.68. The zero-order valence-corrected chi connectivity index (χ0v) is 15.0. The number of rotatable bonds is 3. The van der Waals surface area contributed by atoms with E-state index < -0.39 is 0 Å². The smallest absolute Gasteiger partial charge is 0.409 e. The molecular formula is C19H25N3O3. The Hall–Kier alpha value is -2.50. The van der Waals surface area contributed by atoms with E-state index in [0.717, 1.165) is 40.6 Å². The third kappa shape index (κ3) is 3.48. The van der Waals surface area contributed by atoms with Crippen molar-refractivity contribution in [1.29, 1.82) is 0 Å². The number of ether oxygens (including phenoxy) is 1. The van der Waals surface area contributed by atoms with Gasteiger partial charge in [-0.3, -0.25) is 4.79 Å². The number of H-pyrrole nitrogens is 1. The summed E-state index contributed by atoms with van der Waals surface area (Å²) in [5.41, 5.74) is 3.68. The van der Waals surface area contributed by atoms with Crippen molar-refractivity contribution in [3.05, 3.63) is 35.0 Å². The van der Waals surface area contributed by atoms with E-state index in [1.165, 1.54) is 0 Å². The average Bonchev–Trinajstić information content (AvgIpc) is 2.93. The quantitative estimate of drug-likeness (QED) is 0.899. The maximum Gasteiger partial charge on any atom is 0.409 e. The number of piperidine rings is 1. The molecule has 1 aromatic heterocycles. The van der Waals surface area contributed by atoms with Gasteiger partial charge in [-0.15, -0.1) is 0 Å². The number of nitrogens with zero attached hydrogens (tertiary/aromatic N) is 1. The second-order valence-corrected chi connectivity index (χ2v) is 6.56. The lowest BCUT2D eigenvalue weighted by Crippen LogP contribution is -2.46. The number of likely N-dealkylation sites (tertiary alicyclic amines) is 1. The Kier molecular flexibility index (Phi) is 4.97. The molecule has 1 aliphatic heterocycles. The van der Waals surface area contributed by atoms with E-state index in [9.17, 15) is 9.59 Å². The van der Waals surface area contributed by atoms with Gasteiger partial charge in [0, 0.05) is 35.7 Å². The first-order valence-corrected chi connectivity index (χ1v) is 8.81. The number of aromatic nitrogens is 1. The van der Waals surface area contributed by atoms with Gasteiger partial charge in [0.2, 0.25) is 0 Å². The van der Waals surface area contributed by atoms with Crippen LogP contribution in [0.3, 0.4) is 0 Å². The summed E-state index contributed by atoms with van der Waals surface area (Å²) in [5, 5.41) is 4.12. The molecular weight excluding hydrogens is 318 g/mol. The number of carbonyl (C=O) groups is 2. The summed E-state index contributed by atoms with van der Waals surface area (Å²) in [6.45, 7) is 7.35. The van der Waals surface area contributed by atoms with E-state index in [1.54, 1.807) is 11.8 Å². The number of carbonyl (C=O) groups excluding carboxylic acids is 2. The van der Waals surface area contributed by atoms with Crippen LogP contribution in [0.15, 0.2) is 18.2 Å². The van der Waals surface area contributed by atoms with Gasteiger partial charge in [0.15, 0.2) is 0 Å². The van der Waals surface area contributed by atoms with Gasteiger partial charge in [-0.2, -0.15) is 0 Å². The molecule has 2 N–H and O–H groups in total. The van der Waals surface area contributed by atoms with Crippen molar-refractivity contribution in [2.75, 3.05) is 19.7 Å². The molecule has 1 saturated heterocycles. The van der Waals surface area contributed by atoms with Crippen molar-refractivity contribution in [3.8, 4) is 0 Å². The van der Waals surface area contributed by atoms with Crippen LogP contribution >= 0.6 is 0 Å². The SMILES string of the molecule is CCOC(=O)N1CCC(NC(=O)c2c(C)[nH]c3cccc(C)c23)CC1. The molecule has 0 atom stereocenters. The van der Waals surface area contributed by atoms with E-state index in [2.05, 4.69) is 10.3 Å². The predicted octanol–water partition coefficient (Wildman–Crippen LogP) is 3.14. The van der Waals surface area contributed by atoms with Crippen molar-refractivity contribution >= 4 is 22.9 Å². The number of aromatic amines is 1. The monoisotopic (exact) mass is 343 g/mol. The lowest BCUT2D eigenvalue weighted by Gasteiger charge is -2.31. The molecule has 1 aromatic carbocycles. The van der Waals surface area contributed by atoms with Crippen molar-refractivity contribution in [2.45, 2.75) is 39.7 Å². The van der Waals surface area contributed by atoms with E-state index in [0.29, 0.717) is 19.7 Å². The summed E-state index contributed by atoms with van der Waals surface area (Å²) in [6.07, 6.45) is 1.21. The third-order valence-corrected chi connectivity index (χ3v) is 4.80. The van der Waals surface area contributed by atoms with Crippen molar-refractivity contribution < 1.29 is 14.3 Å². The standard InChI is InChI=1S/C19H25N3O3/c1-4-25-19(24)22-10-8-14(9-11-22)21-18(23)17-13(3)20-15-7-5-6-12(2)16(15)17/h5-7,14,20H,4,8-11H2,1-3H3,(H,21,23). The van der Waals surface area contributed by atoms with E-state index >= 15 is 0 Å². The predicted molar refractivity (Wildman–Crippen MR) is 96.9 cm³/mol. The molecule has 2 amide bonds. The second kappa shape index (κ2) is 7.17. The fourth-order valence-corrected chi connectivity index (χ4v) is 3.52. The van der Waals surface area contributed by atoms with Crippen LogP contribution in [0, 0.1) is 13.8 Å². The van der Waals surface area contributed by atoms with Crippen molar-refractivity contribution in [1.82, 2.24) is 15.2 Å². The number of hydrogen-bond acceptors (Lipinski definition) is 3. The molecule has 6 heteroatoms. The molecule has 3 rings (SSSR count). The molecule has 0 bridgehead atoms. The van der Waals surface area contributed by atoms with Gasteiger partial charge in [-0.25, -0.2) is 4.79 Å². The highest BCUT2D eigenvalue weighted by atomic mass is 16.6. The van der Waals surface area contributed by atoms with Crippen LogP contribution in [-0.2, 0) is 4.74 Å². The molecule has 0 unspecified atom stereocenters. The Morgan fingerprint density at radius 3 is 2.68 bits per heavy atom. The molecule has 0 aliphatic carbocycles. The lowest BCUT2D eigenvalue weighted by molar-refractivity contribution is 0.0861. The molecule has 134 valence electrons. The number of fused-ring (bicyclic) bond motifs is 1. The lowest BCUT2D eigenvalue weighted by atomic mass is 10.0. The largest absolute Gasteiger partial charge is 0.450 e. The first kappa shape index (κ1) is 17.3. The first-order valence-electron chi connectivity index (χ1n) is 8.81. The van der Waals surface area contributed by atoms with Gasteiger partial charge in [-0.05, 0) is 45.2 Å². The summed E-state index contributed by atoms with van der Waals surface area (Å²) in [4.78, 5) is 29.6. The van der Waals surface area contributed by atoms with Gasteiger partial charge in [-0.1, -0.05) is 12.1 Å². The van der Waals surface area contributed by atoms with Gasteiger partial charge in [0.1, 0.15) is 0 Å². The Bertz CT molecular complexity index is 789. The first-order chi connectivity index (χ1) is 12.0. The minimum absolute atomic E-state index is 0.0485. The second-order valence-electron chi connectivity index (χ2n) is 6.56. The number of amides is 2. The Morgan fingerprint density at radius 1 is 1.28 bits per heavy atom. The normalized spacial score (nSPS) is 15.4. The van der Waals surface area contributed by atoms with Crippen LogP contribution in [0.4, 0.5) is 4.79 Å². The Labute approximate surface area is 147 Å². The number of nitrogens with one attached hydrogen (secondary N) is 2. The molecule has 6 nitrogen and oxygen atoms in total. The maximum atomic E-state index is 12.8. The molecule has 0 spiro atoms. The molecule has 0 saturated carbocycles. The number of hydrogen-bond donors (Lipinski definition) is 2. The molecule has 1 aliphatic rings. The van der Waals surface area contributed by atoms with E-state index in [-0.39, 0.29) is 18.0 Å². The highest BCUT2D eigenvalue weighted by Gasteiger charge is 2.26. The highest BCUT2D eigenvalue weighted by Crippen LogP contribution is 2.25. The van der Waals surface area contributed by atoms with Gasteiger partial charge >= 0.3 is 6.09 Å². The highest BCUT2D eigenvalue weighted by molar-refractivity contribution is 6.09. The summed E-state index contributed by atoms with van der Waals surface area (Å²) in [7, 11) is 0. The fraction of sp³-hybridized carbons (Fsp3) is 0.474. The van der Waals surface area contributed by atoms with Crippen molar-refractivity contribution in [2.24, 2.45) is 0 Å². The molecule has 1 fully saturated rings. The maximum absolute atomic E-state index is 12.8. The summed E-state index contributed by atoms with van der Waals surface area (Å²) in [5.74, 6) is -0.0485. The number of benzene rings is 1. The van der Waals surface area contributed by atoms with Crippen LogP contribution in [0.25, 0.3) is 10.9 Å². The van der Waals surface area contributed by atoms with Crippen LogP contribution in [0.1, 0.15) is 41.4 Å².